The molecule has 0 aliphatic heterocycles. The Morgan fingerprint density at radius 2 is 1.72 bits per heavy atom. The van der Waals surface area contributed by atoms with Crippen molar-refractivity contribution in [2.75, 3.05) is 0 Å². The first-order valence-electron chi connectivity index (χ1n) is 7.75. The molecule has 0 aliphatic rings. The second kappa shape index (κ2) is 7.65. The summed E-state index contributed by atoms with van der Waals surface area (Å²) in [6.45, 7) is 0. The molecule has 0 fully saturated rings. The van der Waals surface area contributed by atoms with Crippen LogP contribution in [0.5, 0.6) is 5.75 Å². The SMILES string of the molecule is N#CC(c1ccccc1)c1ccc(N=Cc2ccccc2O)cc1Cl. The molecule has 4 heteroatoms. The number of phenols is 1. The van der Waals surface area contributed by atoms with Crippen molar-refractivity contribution in [2.45, 2.75) is 5.92 Å². The minimum atomic E-state index is -0.426. The Bertz CT molecular complexity index is 946. The normalized spacial score (nSPS) is 12.0. The maximum atomic E-state index is 9.76. The Labute approximate surface area is 151 Å². The maximum absolute atomic E-state index is 9.76. The zero-order chi connectivity index (χ0) is 17.6. The Hall–Kier alpha value is -3.09. The van der Waals surface area contributed by atoms with E-state index in [0.717, 1.165) is 11.1 Å². The molecule has 0 aromatic heterocycles. The predicted molar refractivity (Wildman–Crippen MR) is 101 cm³/mol. The summed E-state index contributed by atoms with van der Waals surface area (Å²) in [5, 5.41) is 19.8. The number of nitriles is 1. The highest BCUT2D eigenvalue weighted by molar-refractivity contribution is 6.31. The molecule has 0 saturated heterocycles. The van der Waals surface area contributed by atoms with E-state index >= 15 is 0 Å². The van der Waals surface area contributed by atoms with E-state index in [0.29, 0.717) is 16.3 Å². The van der Waals surface area contributed by atoms with Crippen molar-refractivity contribution in [3.05, 3.63) is 94.5 Å². The van der Waals surface area contributed by atoms with Crippen molar-refractivity contribution in [3.8, 4) is 11.8 Å². The van der Waals surface area contributed by atoms with E-state index in [-0.39, 0.29) is 5.75 Å². The number of hydrogen-bond donors (Lipinski definition) is 1. The van der Waals surface area contributed by atoms with Gasteiger partial charge in [0.15, 0.2) is 0 Å². The second-order valence-electron chi connectivity index (χ2n) is 5.50. The summed E-state index contributed by atoms with van der Waals surface area (Å²) in [4.78, 5) is 4.34. The molecule has 3 rings (SSSR count). The fourth-order valence-electron chi connectivity index (χ4n) is 2.54. The van der Waals surface area contributed by atoms with Crippen LogP contribution >= 0.6 is 11.6 Å². The summed E-state index contributed by atoms with van der Waals surface area (Å²) in [5.41, 5.74) is 2.93. The van der Waals surface area contributed by atoms with Crippen LogP contribution in [0.3, 0.4) is 0 Å². The van der Waals surface area contributed by atoms with Gasteiger partial charge < -0.3 is 5.11 Å². The molecule has 0 heterocycles. The Morgan fingerprint density at radius 1 is 1.00 bits per heavy atom. The van der Waals surface area contributed by atoms with Gasteiger partial charge in [-0.1, -0.05) is 60.1 Å². The maximum Gasteiger partial charge on any atom is 0.124 e. The first kappa shape index (κ1) is 16.8. The summed E-state index contributed by atoms with van der Waals surface area (Å²) in [6, 6.07) is 24.2. The van der Waals surface area contributed by atoms with Crippen molar-refractivity contribution >= 4 is 23.5 Å². The van der Waals surface area contributed by atoms with E-state index in [1.807, 2.05) is 48.5 Å². The lowest BCUT2D eigenvalue weighted by molar-refractivity contribution is 0.474. The lowest BCUT2D eigenvalue weighted by Crippen LogP contribution is -1.98. The zero-order valence-electron chi connectivity index (χ0n) is 13.3. The third kappa shape index (κ3) is 3.88. The number of phenolic OH excluding ortho intramolecular Hbond substituents is 1. The molecule has 0 amide bonds. The molecule has 25 heavy (non-hydrogen) atoms. The summed E-state index contributed by atoms with van der Waals surface area (Å²) in [7, 11) is 0. The minimum absolute atomic E-state index is 0.169. The fourth-order valence-corrected chi connectivity index (χ4v) is 2.82. The van der Waals surface area contributed by atoms with Crippen molar-refractivity contribution in [2.24, 2.45) is 4.99 Å². The molecule has 1 atom stereocenters. The Morgan fingerprint density at radius 3 is 2.40 bits per heavy atom. The van der Waals surface area contributed by atoms with Crippen LogP contribution in [0.15, 0.2) is 77.8 Å². The lowest BCUT2D eigenvalue weighted by Gasteiger charge is -2.12. The Kier molecular flexibility index (Phi) is 5.13. The van der Waals surface area contributed by atoms with Gasteiger partial charge in [0, 0.05) is 16.8 Å². The van der Waals surface area contributed by atoms with E-state index in [1.54, 1.807) is 30.5 Å². The fraction of sp³-hybridized carbons (Fsp3) is 0.0476. The third-order valence-corrected chi connectivity index (χ3v) is 4.17. The number of para-hydroxylation sites is 1. The lowest BCUT2D eigenvalue weighted by atomic mass is 9.92. The molecule has 0 aliphatic carbocycles. The minimum Gasteiger partial charge on any atom is -0.507 e. The van der Waals surface area contributed by atoms with Crippen LogP contribution in [-0.2, 0) is 0 Å². The zero-order valence-corrected chi connectivity index (χ0v) is 14.1. The molecular formula is C21H15ClN2O. The monoisotopic (exact) mass is 346 g/mol. The molecule has 0 spiro atoms. The highest BCUT2D eigenvalue weighted by Crippen LogP contribution is 2.32. The molecule has 1 unspecified atom stereocenters. The number of hydrogen-bond acceptors (Lipinski definition) is 3. The average Bonchev–Trinajstić information content (AvgIpc) is 2.64. The quantitative estimate of drug-likeness (QED) is 0.638. The van der Waals surface area contributed by atoms with Crippen molar-refractivity contribution in [1.82, 2.24) is 0 Å². The van der Waals surface area contributed by atoms with Crippen molar-refractivity contribution < 1.29 is 5.11 Å². The topological polar surface area (TPSA) is 56.4 Å². The first-order chi connectivity index (χ1) is 12.2. The number of aliphatic imine (C=N–C) groups is 1. The molecule has 3 aromatic rings. The van der Waals surface area contributed by atoms with Gasteiger partial charge in [-0.15, -0.1) is 0 Å². The van der Waals surface area contributed by atoms with Crippen molar-refractivity contribution in [1.29, 1.82) is 5.26 Å². The molecule has 3 aromatic carbocycles. The van der Waals surface area contributed by atoms with E-state index in [2.05, 4.69) is 11.1 Å². The van der Waals surface area contributed by atoms with Gasteiger partial charge in [-0.05, 0) is 35.4 Å². The second-order valence-corrected chi connectivity index (χ2v) is 5.90. The van der Waals surface area contributed by atoms with Gasteiger partial charge in [0.25, 0.3) is 0 Å². The van der Waals surface area contributed by atoms with Gasteiger partial charge in [0.2, 0.25) is 0 Å². The largest absolute Gasteiger partial charge is 0.507 e. The first-order valence-corrected chi connectivity index (χ1v) is 8.13. The highest BCUT2D eigenvalue weighted by atomic mass is 35.5. The van der Waals surface area contributed by atoms with E-state index in [1.165, 1.54) is 0 Å². The highest BCUT2D eigenvalue weighted by Gasteiger charge is 2.16. The predicted octanol–water partition coefficient (Wildman–Crippen LogP) is 5.45. The average molecular weight is 347 g/mol. The molecule has 1 N–H and O–H groups in total. The van der Waals surface area contributed by atoms with Gasteiger partial charge in [-0.3, -0.25) is 4.99 Å². The molecule has 0 radical (unpaired) electrons. The van der Waals surface area contributed by atoms with Crippen LogP contribution in [0, 0.1) is 11.3 Å². The number of rotatable bonds is 4. The van der Waals surface area contributed by atoms with Crippen LogP contribution in [0.25, 0.3) is 0 Å². The molecule has 3 nitrogen and oxygen atoms in total. The third-order valence-electron chi connectivity index (χ3n) is 3.85. The van der Waals surface area contributed by atoms with Crippen LogP contribution in [0.1, 0.15) is 22.6 Å². The van der Waals surface area contributed by atoms with Crippen LogP contribution in [0.2, 0.25) is 5.02 Å². The van der Waals surface area contributed by atoms with Gasteiger partial charge >= 0.3 is 0 Å². The van der Waals surface area contributed by atoms with E-state index < -0.39 is 5.92 Å². The van der Waals surface area contributed by atoms with Crippen LogP contribution < -0.4 is 0 Å². The number of aromatic hydroxyl groups is 1. The van der Waals surface area contributed by atoms with Gasteiger partial charge in [0.1, 0.15) is 5.75 Å². The van der Waals surface area contributed by atoms with E-state index in [4.69, 9.17) is 11.6 Å². The molecular weight excluding hydrogens is 332 g/mol. The number of halogens is 1. The summed E-state index contributed by atoms with van der Waals surface area (Å²) in [5.74, 6) is -0.257. The van der Waals surface area contributed by atoms with Gasteiger partial charge in [0.05, 0.1) is 17.7 Å². The van der Waals surface area contributed by atoms with Crippen LogP contribution in [-0.4, -0.2) is 11.3 Å². The smallest absolute Gasteiger partial charge is 0.124 e. The number of nitrogens with zero attached hydrogens (tertiary/aromatic N) is 2. The molecule has 122 valence electrons. The van der Waals surface area contributed by atoms with Gasteiger partial charge in [-0.2, -0.15) is 5.26 Å². The summed E-state index contributed by atoms with van der Waals surface area (Å²) >= 11 is 6.39. The van der Waals surface area contributed by atoms with Crippen LogP contribution in [0.4, 0.5) is 5.69 Å². The molecule has 0 saturated carbocycles. The van der Waals surface area contributed by atoms with Crippen molar-refractivity contribution in [3.63, 3.8) is 0 Å². The number of benzene rings is 3. The Balaban J connectivity index is 1.89. The molecule has 0 bridgehead atoms. The van der Waals surface area contributed by atoms with Gasteiger partial charge in [-0.25, -0.2) is 0 Å². The summed E-state index contributed by atoms with van der Waals surface area (Å²) < 4.78 is 0. The standard InChI is InChI=1S/C21H15ClN2O/c22-20-12-17(24-14-16-8-4-5-9-21(16)25)10-11-18(20)19(13-23)15-6-2-1-3-7-15/h1-12,14,19,25H. The summed E-state index contributed by atoms with van der Waals surface area (Å²) in [6.07, 6.45) is 1.58. The van der Waals surface area contributed by atoms with E-state index in [9.17, 15) is 10.4 Å².